The predicted octanol–water partition coefficient (Wildman–Crippen LogP) is 4.00. The summed E-state index contributed by atoms with van der Waals surface area (Å²) in [4.78, 5) is 26.3. The fourth-order valence-electron chi connectivity index (χ4n) is 2.97. The molecule has 3 atom stereocenters. The topological polar surface area (TPSA) is 46.6 Å². The normalized spacial score (nSPS) is 26.5. The molecule has 22 heavy (non-hydrogen) atoms. The van der Waals surface area contributed by atoms with E-state index in [1.807, 2.05) is 20.8 Å². The van der Waals surface area contributed by atoms with Gasteiger partial charge in [0.25, 0.3) is 0 Å². The van der Waals surface area contributed by atoms with Gasteiger partial charge in [0.1, 0.15) is 5.60 Å². The third kappa shape index (κ3) is 3.87. The number of piperidine rings is 1. The maximum Gasteiger partial charge on any atom is 0.411 e. The van der Waals surface area contributed by atoms with E-state index in [-0.39, 0.29) is 30.5 Å². The number of hydrogen-bond acceptors (Lipinski definition) is 3. The van der Waals surface area contributed by atoms with E-state index in [1.54, 1.807) is 18.7 Å². The van der Waals surface area contributed by atoms with Crippen LogP contribution < -0.4 is 0 Å². The van der Waals surface area contributed by atoms with Gasteiger partial charge in [0, 0.05) is 18.9 Å². The molecule has 124 valence electrons. The van der Waals surface area contributed by atoms with Crippen LogP contribution >= 0.6 is 0 Å². The predicted molar refractivity (Wildman–Crippen MR) is 82.1 cm³/mol. The average molecular weight is 311 g/mol. The van der Waals surface area contributed by atoms with Crippen molar-refractivity contribution in [3.8, 4) is 0 Å². The van der Waals surface area contributed by atoms with Crippen molar-refractivity contribution in [2.45, 2.75) is 78.0 Å². The molecule has 0 spiro atoms. The van der Waals surface area contributed by atoms with Crippen LogP contribution in [-0.2, 0) is 9.53 Å². The number of allylic oxidation sites excluding steroid dienone is 2. The number of nitrogens with zero attached hydrogens (tertiary/aromatic N) is 1. The van der Waals surface area contributed by atoms with E-state index in [2.05, 4.69) is 0 Å². The summed E-state index contributed by atoms with van der Waals surface area (Å²) in [6, 6.07) is -0.305. The first-order valence-corrected chi connectivity index (χ1v) is 7.96. The van der Waals surface area contributed by atoms with Crippen molar-refractivity contribution in [1.82, 2.24) is 4.90 Å². The van der Waals surface area contributed by atoms with Gasteiger partial charge in [0.05, 0.1) is 11.9 Å². The first-order chi connectivity index (χ1) is 10.1. The number of likely N-dealkylation sites (tertiary alicyclic amines) is 1. The van der Waals surface area contributed by atoms with Crippen molar-refractivity contribution in [2.75, 3.05) is 0 Å². The number of Topliss-reactive ketones (excluding diaryl/α,β-unsaturated/α-hetero) is 1. The molecule has 0 aromatic carbocycles. The summed E-state index contributed by atoms with van der Waals surface area (Å²) < 4.78 is 19.0. The molecule has 0 bridgehead atoms. The van der Waals surface area contributed by atoms with Gasteiger partial charge in [0.15, 0.2) is 5.78 Å². The molecule has 1 aliphatic carbocycles. The minimum absolute atomic E-state index is 0.0607. The fraction of sp³-hybridized carbons (Fsp3) is 0.765. The van der Waals surface area contributed by atoms with E-state index in [0.29, 0.717) is 17.9 Å². The average Bonchev–Trinajstić information content (AvgIpc) is 3.03. The summed E-state index contributed by atoms with van der Waals surface area (Å²) in [5.74, 6) is 0.115. The SMILES string of the molecule is CC(C)=C(F)CCC(=O)[C@@H]1C[C@H]2C[C@H]2N1C(=O)OC(C)(C)C. The molecule has 1 heterocycles. The van der Waals surface area contributed by atoms with Gasteiger partial charge in [-0.2, -0.15) is 0 Å². The van der Waals surface area contributed by atoms with Gasteiger partial charge in [-0.1, -0.05) is 0 Å². The summed E-state index contributed by atoms with van der Waals surface area (Å²) in [5, 5.41) is 0. The number of ether oxygens (including phenoxy) is 1. The Balaban J connectivity index is 1.99. The van der Waals surface area contributed by atoms with Gasteiger partial charge in [0.2, 0.25) is 0 Å². The second kappa shape index (κ2) is 6.01. The van der Waals surface area contributed by atoms with Crippen LogP contribution in [0.4, 0.5) is 9.18 Å². The van der Waals surface area contributed by atoms with Crippen LogP contribution in [0.2, 0.25) is 0 Å². The van der Waals surface area contributed by atoms with Crippen LogP contribution in [-0.4, -0.2) is 34.5 Å². The first kappa shape index (κ1) is 17.0. The minimum atomic E-state index is -0.578. The number of rotatable bonds is 4. The summed E-state index contributed by atoms with van der Waals surface area (Å²) in [6.07, 6.45) is 1.48. The highest BCUT2D eigenvalue weighted by atomic mass is 19.1. The summed E-state index contributed by atoms with van der Waals surface area (Å²) in [7, 11) is 0. The van der Waals surface area contributed by atoms with Crippen molar-refractivity contribution >= 4 is 11.9 Å². The Kier molecular flexibility index (Phi) is 4.64. The van der Waals surface area contributed by atoms with Crippen molar-refractivity contribution in [3.05, 3.63) is 11.4 Å². The lowest BCUT2D eigenvalue weighted by atomic mass is 10.0. The lowest BCUT2D eigenvalue weighted by Crippen LogP contribution is -2.45. The Morgan fingerprint density at radius 2 is 1.82 bits per heavy atom. The maximum atomic E-state index is 13.6. The molecule has 1 saturated carbocycles. The van der Waals surface area contributed by atoms with Crippen LogP contribution in [0.25, 0.3) is 0 Å². The second-order valence-electron chi connectivity index (χ2n) is 7.57. The van der Waals surface area contributed by atoms with Crippen LogP contribution in [0.5, 0.6) is 0 Å². The van der Waals surface area contributed by atoms with Crippen LogP contribution in [0.3, 0.4) is 0 Å². The smallest absolute Gasteiger partial charge is 0.411 e. The molecule has 1 aliphatic heterocycles. The molecule has 2 aliphatic rings. The zero-order valence-electron chi connectivity index (χ0n) is 14.1. The monoisotopic (exact) mass is 311 g/mol. The van der Waals surface area contributed by atoms with E-state index < -0.39 is 17.7 Å². The Hall–Kier alpha value is -1.39. The lowest BCUT2D eigenvalue weighted by molar-refractivity contribution is -0.124. The molecule has 1 saturated heterocycles. The van der Waals surface area contributed by atoms with Gasteiger partial charge in [-0.05, 0) is 59.0 Å². The third-order valence-corrected chi connectivity index (χ3v) is 4.21. The number of fused-ring (bicyclic) bond motifs is 1. The van der Waals surface area contributed by atoms with E-state index in [0.717, 1.165) is 6.42 Å². The molecule has 2 rings (SSSR count). The van der Waals surface area contributed by atoms with Crippen molar-refractivity contribution in [2.24, 2.45) is 5.92 Å². The molecule has 1 amide bonds. The van der Waals surface area contributed by atoms with Gasteiger partial charge < -0.3 is 4.74 Å². The molecular formula is C17H26FNO3. The molecule has 0 aromatic heterocycles. The number of carbonyl (C=O) groups excluding carboxylic acids is 2. The molecule has 0 aromatic rings. The lowest BCUT2D eigenvalue weighted by Gasteiger charge is -2.29. The van der Waals surface area contributed by atoms with Gasteiger partial charge >= 0.3 is 6.09 Å². The zero-order chi connectivity index (χ0) is 16.7. The third-order valence-electron chi connectivity index (χ3n) is 4.21. The highest BCUT2D eigenvalue weighted by Gasteiger charge is 2.56. The van der Waals surface area contributed by atoms with E-state index in [1.165, 1.54) is 0 Å². The van der Waals surface area contributed by atoms with Crippen molar-refractivity contribution in [3.63, 3.8) is 0 Å². The molecule has 4 nitrogen and oxygen atoms in total. The van der Waals surface area contributed by atoms with Gasteiger partial charge in [-0.3, -0.25) is 9.69 Å². The molecular weight excluding hydrogens is 285 g/mol. The number of ketones is 1. The quantitative estimate of drug-likeness (QED) is 0.788. The standard InChI is InChI=1S/C17H26FNO3/c1-10(2)12(18)6-7-15(20)14-9-11-8-13(11)19(14)16(21)22-17(3,4)5/h11,13-14H,6-9H2,1-5H3/t11-,13-,14+/m1/s1. The molecule has 0 N–H and O–H groups in total. The minimum Gasteiger partial charge on any atom is -0.444 e. The summed E-state index contributed by atoms with van der Waals surface area (Å²) in [5.41, 5.74) is 0.0253. The first-order valence-electron chi connectivity index (χ1n) is 7.96. The molecule has 2 fully saturated rings. The highest BCUT2D eigenvalue weighted by Crippen LogP contribution is 2.48. The number of amides is 1. The molecule has 5 heteroatoms. The van der Waals surface area contributed by atoms with Gasteiger partial charge in [-0.15, -0.1) is 0 Å². The van der Waals surface area contributed by atoms with E-state index >= 15 is 0 Å². The Bertz CT molecular complexity index is 503. The molecule has 0 radical (unpaired) electrons. The summed E-state index contributed by atoms with van der Waals surface area (Å²) in [6.45, 7) is 8.82. The summed E-state index contributed by atoms with van der Waals surface area (Å²) >= 11 is 0. The second-order valence-corrected chi connectivity index (χ2v) is 7.57. The van der Waals surface area contributed by atoms with Crippen molar-refractivity contribution in [1.29, 1.82) is 0 Å². The highest BCUT2D eigenvalue weighted by molar-refractivity contribution is 5.89. The Morgan fingerprint density at radius 3 is 2.36 bits per heavy atom. The van der Waals surface area contributed by atoms with Crippen LogP contribution in [0.1, 0.15) is 60.3 Å². The Morgan fingerprint density at radius 1 is 1.18 bits per heavy atom. The van der Waals surface area contributed by atoms with Crippen LogP contribution in [0, 0.1) is 5.92 Å². The van der Waals surface area contributed by atoms with Crippen molar-refractivity contribution < 1.29 is 18.7 Å². The number of halogens is 1. The zero-order valence-corrected chi connectivity index (χ0v) is 14.1. The largest absolute Gasteiger partial charge is 0.444 e. The Labute approximate surface area is 131 Å². The van der Waals surface area contributed by atoms with Crippen LogP contribution in [0.15, 0.2) is 11.4 Å². The van der Waals surface area contributed by atoms with Gasteiger partial charge in [-0.25, -0.2) is 9.18 Å². The molecule has 0 unspecified atom stereocenters. The van der Waals surface area contributed by atoms with E-state index in [9.17, 15) is 14.0 Å². The number of carbonyl (C=O) groups is 2. The fourth-order valence-corrected chi connectivity index (χ4v) is 2.97. The van der Waals surface area contributed by atoms with E-state index in [4.69, 9.17) is 4.74 Å². The maximum absolute atomic E-state index is 13.6. The number of hydrogen-bond donors (Lipinski definition) is 0.